The Balaban J connectivity index is 1.51. The van der Waals surface area contributed by atoms with Crippen LogP contribution in [0.25, 0.3) is 0 Å². The number of aromatic nitrogens is 3. The molecule has 1 aliphatic carbocycles. The molecule has 0 bridgehead atoms. The maximum Gasteiger partial charge on any atom is 0.230 e. The van der Waals surface area contributed by atoms with E-state index in [0.29, 0.717) is 24.2 Å². The van der Waals surface area contributed by atoms with Gasteiger partial charge in [-0.05, 0) is 140 Å². The molecular formula is C42H80N8. The molecule has 3 aliphatic rings. The van der Waals surface area contributed by atoms with Gasteiger partial charge in [0.15, 0.2) is 0 Å². The molecule has 2 saturated heterocycles. The van der Waals surface area contributed by atoms with Gasteiger partial charge in [0, 0.05) is 58.3 Å². The maximum absolute atomic E-state index is 5.36. The van der Waals surface area contributed by atoms with Gasteiger partial charge in [0.2, 0.25) is 11.9 Å². The number of nitrogens with one attached hydrogen (secondary N) is 3. The molecule has 0 aromatic carbocycles. The van der Waals surface area contributed by atoms with E-state index in [4.69, 9.17) is 15.0 Å². The highest BCUT2D eigenvalue weighted by atomic mass is 15.3. The monoisotopic (exact) mass is 697 g/mol. The number of piperidine rings is 2. The maximum atomic E-state index is 5.36. The molecule has 1 aromatic rings. The lowest BCUT2D eigenvalue weighted by atomic mass is 9.78. The first-order valence-corrected chi connectivity index (χ1v) is 20.9. The molecule has 8 nitrogen and oxygen atoms in total. The number of anilines is 2. The second-order valence-electron chi connectivity index (χ2n) is 20.0. The van der Waals surface area contributed by atoms with Crippen LogP contribution in [0.5, 0.6) is 0 Å². The SMILES string of the molecule is CCC(C)(CC)c1nc(NC2CCCCC2)nc(N(CCCCCCN(C2CC(C)(C)NC(C)(C)C2)C(C)(C)C)C2CC(C)NC(C)(C)C2)n1. The minimum Gasteiger partial charge on any atom is -0.351 e. The van der Waals surface area contributed by atoms with E-state index in [-0.39, 0.29) is 27.6 Å². The highest BCUT2D eigenvalue weighted by molar-refractivity contribution is 5.40. The van der Waals surface area contributed by atoms with Crippen molar-refractivity contribution in [3.8, 4) is 0 Å². The van der Waals surface area contributed by atoms with E-state index in [9.17, 15) is 0 Å². The van der Waals surface area contributed by atoms with E-state index >= 15 is 0 Å². The molecule has 1 aromatic heterocycles. The summed E-state index contributed by atoms with van der Waals surface area (Å²) >= 11 is 0. The fourth-order valence-electron chi connectivity index (χ4n) is 9.84. The van der Waals surface area contributed by atoms with Gasteiger partial charge in [-0.1, -0.05) is 52.9 Å². The van der Waals surface area contributed by atoms with Gasteiger partial charge in [0.05, 0.1) is 0 Å². The lowest BCUT2D eigenvalue weighted by molar-refractivity contribution is 0.0111. The van der Waals surface area contributed by atoms with E-state index in [2.05, 4.69) is 116 Å². The molecule has 1 saturated carbocycles. The Morgan fingerprint density at radius 2 is 1.32 bits per heavy atom. The second kappa shape index (κ2) is 16.7. The first-order valence-electron chi connectivity index (χ1n) is 20.9. The number of unbranched alkanes of at least 4 members (excludes halogenated alkanes) is 3. The van der Waals surface area contributed by atoms with Crippen molar-refractivity contribution in [2.75, 3.05) is 23.3 Å². The lowest BCUT2D eigenvalue weighted by Gasteiger charge is -2.53. The molecule has 8 heteroatoms. The van der Waals surface area contributed by atoms with Crippen molar-refractivity contribution in [1.82, 2.24) is 30.5 Å². The van der Waals surface area contributed by atoms with Crippen molar-refractivity contribution in [1.29, 1.82) is 0 Å². The molecule has 3 fully saturated rings. The first-order chi connectivity index (χ1) is 23.2. The number of nitrogens with zero attached hydrogens (tertiary/aromatic N) is 5. The number of hydrogen-bond acceptors (Lipinski definition) is 8. The van der Waals surface area contributed by atoms with E-state index < -0.39 is 0 Å². The van der Waals surface area contributed by atoms with Crippen LogP contribution in [0.1, 0.15) is 192 Å². The summed E-state index contributed by atoms with van der Waals surface area (Å²) in [6, 6.07) is 1.92. The zero-order valence-electron chi connectivity index (χ0n) is 35.1. The summed E-state index contributed by atoms with van der Waals surface area (Å²) in [7, 11) is 0. The smallest absolute Gasteiger partial charge is 0.230 e. The minimum absolute atomic E-state index is 0.0647. The van der Waals surface area contributed by atoms with Gasteiger partial charge in [-0.2, -0.15) is 15.0 Å². The van der Waals surface area contributed by atoms with Crippen LogP contribution >= 0.6 is 0 Å². The van der Waals surface area contributed by atoms with Gasteiger partial charge < -0.3 is 20.9 Å². The van der Waals surface area contributed by atoms with Crippen LogP contribution in [0.15, 0.2) is 0 Å². The highest BCUT2D eigenvalue weighted by Crippen LogP contribution is 2.36. The first kappa shape index (κ1) is 41.2. The Hall–Kier alpha value is -1.51. The van der Waals surface area contributed by atoms with Crippen LogP contribution in [0.4, 0.5) is 11.9 Å². The van der Waals surface area contributed by atoms with Gasteiger partial charge in [-0.3, -0.25) is 4.90 Å². The molecule has 2 unspecified atom stereocenters. The largest absolute Gasteiger partial charge is 0.351 e. The Bertz CT molecular complexity index is 1180. The topological polar surface area (TPSA) is 81.2 Å². The molecule has 288 valence electrons. The van der Waals surface area contributed by atoms with Crippen molar-refractivity contribution in [2.24, 2.45) is 0 Å². The van der Waals surface area contributed by atoms with Crippen LogP contribution in [-0.4, -0.2) is 79.3 Å². The molecule has 2 atom stereocenters. The molecule has 3 heterocycles. The predicted octanol–water partition coefficient (Wildman–Crippen LogP) is 9.39. The summed E-state index contributed by atoms with van der Waals surface area (Å²) < 4.78 is 0. The Morgan fingerprint density at radius 3 is 1.88 bits per heavy atom. The molecular weight excluding hydrogens is 617 g/mol. The molecule has 0 radical (unpaired) electrons. The quantitative estimate of drug-likeness (QED) is 0.157. The van der Waals surface area contributed by atoms with E-state index in [1.165, 1.54) is 70.8 Å². The van der Waals surface area contributed by atoms with Crippen LogP contribution < -0.4 is 20.9 Å². The lowest BCUT2D eigenvalue weighted by Crippen LogP contribution is -2.64. The van der Waals surface area contributed by atoms with Gasteiger partial charge in [-0.25, -0.2) is 0 Å². The Labute approximate surface area is 308 Å². The van der Waals surface area contributed by atoms with Gasteiger partial charge in [-0.15, -0.1) is 0 Å². The average molecular weight is 697 g/mol. The summed E-state index contributed by atoms with van der Waals surface area (Å²) in [5, 5.41) is 11.6. The molecule has 50 heavy (non-hydrogen) atoms. The summed E-state index contributed by atoms with van der Waals surface area (Å²) in [5.41, 5.74) is 0.494. The minimum atomic E-state index is -0.0647. The Morgan fingerprint density at radius 1 is 0.740 bits per heavy atom. The third-order valence-electron chi connectivity index (χ3n) is 12.4. The molecule has 4 rings (SSSR count). The summed E-state index contributed by atoms with van der Waals surface area (Å²) in [6.45, 7) is 32.9. The number of rotatable bonds is 15. The third-order valence-corrected chi connectivity index (χ3v) is 12.4. The van der Waals surface area contributed by atoms with Crippen molar-refractivity contribution < 1.29 is 0 Å². The van der Waals surface area contributed by atoms with Crippen molar-refractivity contribution in [3.63, 3.8) is 0 Å². The molecule has 0 amide bonds. The van der Waals surface area contributed by atoms with E-state index in [1.807, 2.05) is 0 Å². The zero-order chi connectivity index (χ0) is 37.0. The Kier molecular flexibility index (Phi) is 13.7. The second-order valence-corrected chi connectivity index (χ2v) is 20.0. The number of hydrogen-bond donors (Lipinski definition) is 3. The van der Waals surface area contributed by atoms with Crippen molar-refractivity contribution in [3.05, 3.63) is 5.82 Å². The molecule has 0 spiro atoms. The fourth-order valence-corrected chi connectivity index (χ4v) is 9.84. The predicted molar refractivity (Wildman–Crippen MR) is 215 cm³/mol. The van der Waals surface area contributed by atoms with Crippen LogP contribution in [-0.2, 0) is 5.41 Å². The van der Waals surface area contributed by atoms with Gasteiger partial charge in [0.25, 0.3) is 0 Å². The average Bonchev–Trinajstić information content (AvgIpc) is 2.99. The van der Waals surface area contributed by atoms with E-state index in [0.717, 1.165) is 56.4 Å². The van der Waals surface area contributed by atoms with Crippen LogP contribution in [0.2, 0.25) is 0 Å². The summed E-state index contributed by atoms with van der Waals surface area (Å²) in [6.07, 6.45) is 17.9. The third kappa shape index (κ3) is 11.5. The molecule has 2 aliphatic heterocycles. The van der Waals surface area contributed by atoms with Crippen LogP contribution in [0.3, 0.4) is 0 Å². The highest BCUT2D eigenvalue weighted by Gasteiger charge is 2.42. The fraction of sp³-hybridized carbons (Fsp3) is 0.929. The molecule has 3 N–H and O–H groups in total. The van der Waals surface area contributed by atoms with Crippen molar-refractivity contribution in [2.45, 2.75) is 238 Å². The summed E-state index contributed by atoms with van der Waals surface area (Å²) in [4.78, 5) is 21.2. The van der Waals surface area contributed by atoms with Gasteiger partial charge >= 0.3 is 0 Å². The summed E-state index contributed by atoms with van der Waals surface area (Å²) in [5.74, 6) is 2.65. The van der Waals surface area contributed by atoms with Crippen molar-refractivity contribution >= 4 is 11.9 Å². The zero-order valence-corrected chi connectivity index (χ0v) is 35.1. The van der Waals surface area contributed by atoms with Crippen LogP contribution in [0, 0.1) is 0 Å². The van der Waals surface area contributed by atoms with Gasteiger partial charge in [0.1, 0.15) is 5.82 Å². The standard InChI is InChI=1S/C42H80N8/c1-14-42(13,15-2)35-44-36(43-32-23-19-18-20-24-32)46-37(45-35)49(33-27-31(3)47-39(7,8)28-33)25-21-16-17-22-26-50(38(4,5)6)34-29-40(9,10)48-41(11,12)30-34/h31-34,47-48H,14-30H2,1-13H3,(H,43,44,45,46). The normalized spacial score (nSPS) is 24.8. The van der Waals surface area contributed by atoms with E-state index in [1.54, 1.807) is 0 Å².